The third-order valence-corrected chi connectivity index (χ3v) is 4.69. The maximum Gasteiger partial charge on any atom is 0.160 e. The lowest BCUT2D eigenvalue weighted by Crippen LogP contribution is -2.23. The highest BCUT2D eigenvalue weighted by molar-refractivity contribution is 9.10. The molecule has 1 unspecified atom stereocenters. The maximum absolute atomic E-state index is 13.6. The van der Waals surface area contributed by atoms with E-state index >= 15 is 0 Å². The van der Waals surface area contributed by atoms with Crippen LogP contribution in [-0.2, 0) is 0 Å². The summed E-state index contributed by atoms with van der Waals surface area (Å²) in [4.78, 5) is 0. The second-order valence-electron chi connectivity index (χ2n) is 4.42. The third-order valence-electron chi connectivity index (χ3n) is 3.05. The summed E-state index contributed by atoms with van der Waals surface area (Å²) >= 11 is 15.7. The van der Waals surface area contributed by atoms with Crippen LogP contribution < -0.4 is 5.32 Å². The number of hydrogen-bond acceptors (Lipinski definition) is 1. The number of benzene rings is 2. The molecular formula is C15H12BrCl2F2N. The van der Waals surface area contributed by atoms with Crippen LogP contribution in [0.1, 0.15) is 24.1 Å². The Morgan fingerprint density at radius 2 is 1.81 bits per heavy atom. The van der Waals surface area contributed by atoms with E-state index in [0.717, 1.165) is 22.2 Å². The Labute approximate surface area is 140 Å². The number of hydrogen-bond donors (Lipinski definition) is 1. The first-order valence-corrected chi connectivity index (χ1v) is 7.82. The van der Waals surface area contributed by atoms with E-state index in [4.69, 9.17) is 23.2 Å². The molecule has 0 heterocycles. The SMILES string of the molecule is CCNC(c1cc(F)c(F)cc1Cl)c1cccc(Br)c1Cl. The fraction of sp³-hybridized carbons (Fsp3) is 0.200. The smallest absolute Gasteiger partial charge is 0.160 e. The Morgan fingerprint density at radius 1 is 1.14 bits per heavy atom. The number of rotatable bonds is 4. The van der Waals surface area contributed by atoms with Crippen LogP contribution in [0.5, 0.6) is 0 Å². The van der Waals surface area contributed by atoms with Crippen LogP contribution in [0.4, 0.5) is 8.78 Å². The molecule has 0 aliphatic heterocycles. The molecular weight excluding hydrogens is 383 g/mol. The summed E-state index contributed by atoms with van der Waals surface area (Å²) in [5.74, 6) is -1.91. The van der Waals surface area contributed by atoms with Crippen LogP contribution >= 0.6 is 39.1 Å². The number of halogens is 5. The summed E-state index contributed by atoms with van der Waals surface area (Å²) in [6.07, 6.45) is 0. The second-order valence-corrected chi connectivity index (χ2v) is 6.06. The summed E-state index contributed by atoms with van der Waals surface area (Å²) in [6, 6.07) is 7.09. The molecule has 0 aromatic heterocycles. The summed E-state index contributed by atoms with van der Waals surface area (Å²) in [5, 5.41) is 3.84. The van der Waals surface area contributed by atoms with E-state index in [2.05, 4.69) is 21.2 Å². The molecule has 0 aliphatic carbocycles. The normalized spacial score (nSPS) is 12.5. The van der Waals surface area contributed by atoms with Crippen LogP contribution in [-0.4, -0.2) is 6.54 Å². The average molecular weight is 395 g/mol. The van der Waals surface area contributed by atoms with Crippen LogP contribution in [0.25, 0.3) is 0 Å². The molecule has 0 fully saturated rings. The first-order chi connectivity index (χ1) is 9.95. The molecule has 0 amide bonds. The van der Waals surface area contributed by atoms with Crippen molar-refractivity contribution in [2.75, 3.05) is 6.54 Å². The molecule has 0 spiro atoms. The lowest BCUT2D eigenvalue weighted by molar-refractivity contribution is 0.504. The van der Waals surface area contributed by atoms with Crippen molar-refractivity contribution >= 4 is 39.1 Å². The monoisotopic (exact) mass is 393 g/mol. The van der Waals surface area contributed by atoms with Gasteiger partial charge in [0.05, 0.1) is 11.1 Å². The van der Waals surface area contributed by atoms with Gasteiger partial charge in [0, 0.05) is 9.50 Å². The summed E-state index contributed by atoms with van der Waals surface area (Å²) in [7, 11) is 0. The predicted molar refractivity (Wildman–Crippen MR) is 86.0 cm³/mol. The molecule has 1 nitrogen and oxygen atoms in total. The first kappa shape index (κ1) is 16.7. The van der Waals surface area contributed by atoms with E-state index in [9.17, 15) is 8.78 Å². The third kappa shape index (κ3) is 3.57. The molecule has 0 saturated heterocycles. The molecule has 0 bridgehead atoms. The molecule has 2 aromatic rings. The van der Waals surface area contributed by atoms with Crippen LogP contribution in [0.2, 0.25) is 10.0 Å². The van der Waals surface area contributed by atoms with E-state index in [1.807, 2.05) is 25.1 Å². The van der Waals surface area contributed by atoms with Crippen molar-refractivity contribution in [1.82, 2.24) is 5.32 Å². The van der Waals surface area contributed by atoms with Gasteiger partial charge in [0.1, 0.15) is 0 Å². The van der Waals surface area contributed by atoms with E-state index in [1.165, 1.54) is 0 Å². The lowest BCUT2D eigenvalue weighted by atomic mass is 9.98. The van der Waals surface area contributed by atoms with Crippen molar-refractivity contribution in [3.8, 4) is 0 Å². The standard InChI is InChI=1S/C15H12BrCl2F2N/c1-2-21-15(8-4-3-5-10(16)14(8)18)9-6-12(19)13(20)7-11(9)17/h3-7,15,21H,2H2,1H3. The van der Waals surface area contributed by atoms with Crippen molar-refractivity contribution in [3.05, 3.63) is 67.6 Å². The Hall–Kier alpha value is -0.680. The van der Waals surface area contributed by atoms with Crippen molar-refractivity contribution in [2.45, 2.75) is 13.0 Å². The van der Waals surface area contributed by atoms with Gasteiger partial charge in [-0.05, 0) is 51.8 Å². The van der Waals surface area contributed by atoms with Gasteiger partial charge in [-0.1, -0.05) is 42.3 Å². The van der Waals surface area contributed by atoms with Gasteiger partial charge in [0.25, 0.3) is 0 Å². The number of nitrogens with one attached hydrogen (secondary N) is 1. The Bertz CT molecular complexity index is 664. The predicted octanol–water partition coefficient (Wildman–Crippen LogP) is 5.73. The molecule has 2 rings (SSSR count). The second kappa shape index (κ2) is 7.05. The van der Waals surface area contributed by atoms with E-state index in [-0.39, 0.29) is 5.02 Å². The van der Waals surface area contributed by atoms with Gasteiger partial charge >= 0.3 is 0 Å². The van der Waals surface area contributed by atoms with Gasteiger partial charge in [0.15, 0.2) is 11.6 Å². The minimum atomic E-state index is -0.973. The maximum atomic E-state index is 13.6. The van der Waals surface area contributed by atoms with Crippen molar-refractivity contribution < 1.29 is 8.78 Å². The van der Waals surface area contributed by atoms with Gasteiger partial charge in [0.2, 0.25) is 0 Å². The Kier molecular flexibility index (Phi) is 5.60. The largest absolute Gasteiger partial charge is 0.306 e. The fourth-order valence-electron chi connectivity index (χ4n) is 2.09. The Balaban J connectivity index is 2.59. The van der Waals surface area contributed by atoms with Crippen LogP contribution in [0, 0.1) is 11.6 Å². The van der Waals surface area contributed by atoms with Crippen molar-refractivity contribution in [3.63, 3.8) is 0 Å². The molecule has 1 atom stereocenters. The van der Waals surface area contributed by atoms with E-state index in [0.29, 0.717) is 17.1 Å². The minimum Gasteiger partial charge on any atom is -0.306 e. The zero-order valence-corrected chi connectivity index (χ0v) is 14.2. The van der Waals surface area contributed by atoms with Gasteiger partial charge in [-0.2, -0.15) is 0 Å². The fourth-order valence-corrected chi connectivity index (χ4v) is 2.97. The molecule has 1 N–H and O–H groups in total. The average Bonchev–Trinajstić information content (AvgIpc) is 2.44. The van der Waals surface area contributed by atoms with Crippen molar-refractivity contribution in [1.29, 1.82) is 0 Å². The minimum absolute atomic E-state index is 0.149. The lowest BCUT2D eigenvalue weighted by Gasteiger charge is -2.22. The van der Waals surface area contributed by atoms with Gasteiger partial charge in [-0.3, -0.25) is 0 Å². The van der Waals surface area contributed by atoms with Gasteiger partial charge < -0.3 is 5.32 Å². The molecule has 6 heteroatoms. The highest BCUT2D eigenvalue weighted by atomic mass is 79.9. The topological polar surface area (TPSA) is 12.0 Å². The quantitative estimate of drug-likeness (QED) is 0.652. The van der Waals surface area contributed by atoms with E-state index in [1.54, 1.807) is 0 Å². The highest BCUT2D eigenvalue weighted by Crippen LogP contribution is 2.36. The van der Waals surface area contributed by atoms with Crippen LogP contribution in [0.3, 0.4) is 0 Å². The molecule has 0 aliphatic rings. The van der Waals surface area contributed by atoms with Gasteiger partial charge in [-0.25, -0.2) is 8.78 Å². The van der Waals surface area contributed by atoms with Crippen LogP contribution in [0.15, 0.2) is 34.8 Å². The zero-order chi connectivity index (χ0) is 15.6. The van der Waals surface area contributed by atoms with E-state index < -0.39 is 17.7 Å². The molecule has 112 valence electrons. The highest BCUT2D eigenvalue weighted by Gasteiger charge is 2.21. The Morgan fingerprint density at radius 3 is 2.48 bits per heavy atom. The summed E-state index contributed by atoms with van der Waals surface area (Å²) in [6.45, 7) is 2.52. The van der Waals surface area contributed by atoms with Crippen molar-refractivity contribution in [2.24, 2.45) is 0 Å². The molecule has 21 heavy (non-hydrogen) atoms. The summed E-state index contributed by atoms with van der Waals surface area (Å²) in [5.41, 5.74) is 1.18. The zero-order valence-electron chi connectivity index (χ0n) is 11.1. The first-order valence-electron chi connectivity index (χ1n) is 6.27. The molecule has 0 radical (unpaired) electrons. The van der Waals surface area contributed by atoms with Gasteiger partial charge in [-0.15, -0.1) is 0 Å². The molecule has 0 saturated carbocycles. The summed E-state index contributed by atoms with van der Waals surface area (Å²) < 4.78 is 27.5. The molecule has 2 aromatic carbocycles.